The molecular formula is C25H34F2O5. The van der Waals surface area contributed by atoms with Crippen molar-refractivity contribution in [3.8, 4) is 5.75 Å². The molecule has 0 saturated heterocycles. The van der Waals surface area contributed by atoms with Crippen molar-refractivity contribution in [3.05, 3.63) is 29.8 Å². The Kier molecular flexibility index (Phi) is 7.78. The fourth-order valence-corrected chi connectivity index (χ4v) is 5.05. The van der Waals surface area contributed by atoms with Crippen LogP contribution in [-0.4, -0.2) is 34.7 Å². The summed E-state index contributed by atoms with van der Waals surface area (Å²) in [7, 11) is 0. The summed E-state index contributed by atoms with van der Waals surface area (Å²) in [6.45, 7) is 4.13. The van der Waals surface area contributed by atoms with Gasteiger partial charge in [-0.05, 0) is 69.7 Å². The quantitative estimate of drug-likeness (QED) is 0.472. The van der Waals surface area contributed by atoms with Crippen LogP contribution in [0.2, 0.25) is 0 Å². The second-order valence-electron chi connectivity index (χ2n) is 9.72. The largest absolute Gasteiger partial charge is 0.488 e. The monoisotopic (exact) mass is 452 g/mol. The summed E-state index contributed by atoms with van der Waals surface area (Å²) >= 11 is 0. The molecule has 32 heavy (non-hydrogen) atoms. The fourth-order valence-electron chi connectivity index (χ4n) is 5.05. The highest BCUT2D eigenvalue weighted by atomic mass is 19.3. The highest BCUT2D eigenvalue weighted by Crippen LogP contribution is 2.38. The van der Waals surface area contributed by atoms with Gasteiger partial charge < -0.3 is 14.6 Å². The molecule has 0 heterocycles. The number of hydrogen-bond donors (Lipinski definition) is 1. The Bertz CT molecular complexity index is 778. The number of carbonyl (C=O) groups excluding carboxylic acids is 1. The van der Waals surface area contributed by atoms with E-state index in [4.69, 9.17) is 14.6 Å². The van der Waals surface area contributed by atoms with E-state index in [1.165, 1.54) is 31.4 Å². The average molecular weight is 453 g/mol. The van der Waals surface area contributed by atoms with Crippen LogP contribution in [0, 0.1) is 11.8 Å². The fraction of sp³-hybridized carbons (Fsp3) is 0.680. The first-order valence-corrected chi connectivity index (χ1v) is 11.7. The van der Waals surface area contributed by atoms with E-state index in [9.17, 15) is 18.4 Å². The van der Waals surface area contributed by atoms with Gasteiger partial charge in [0.25, 0.3) is 0 Å². The summed E-state index contributed by atoms with van der Waals surface area (Å²) < 4.78 is 40.1. The van der Waals surface area contributed by atoms with Crippen molar-refractivity contribution in [1.29, 1.82) is 0 Å². The molecule has 0 radical (unpaired) electrons. The van der Waals surface area contributed by atoms with Crippen LogP contribution in [0.25, 0.3) is 0 Å². The molecule has 3 rings (SSSR count). The summed E-state index contributed by atoms with van der Waals surface area (Å²) in [5, 5.41) is 9.02. The Morgan fingerprint density at radius 2 is 1.47 bits per heavy atom. The van der Waals surface area contributed by atoms with Crippen LogP contribution in [0.3, 0.4) is 0 Å². The summed E-state index contributed by atoms with van der Waals surface area (Å²) in [5.41, 5.74) is -0.257. The van der Waals surface area contributed by atoms with Gasteiger partial charge in [-0.3, -0.25) is 0 Å². The summed E-state index contributed by atoms with van der Waals surface area (Å²) in [6, 6.07) is 6.22. The number of carbonyl (C=O) groups is 2. The van der Waals surface area contributed by atoms with E-state index in [1.54, 1.807) is 12.1 Å². The second-order valence-corrected chi connectivity index (χ2v) is 9.72. The van der Waals surface area contributed by atoms with Gasteiger partial charge in [0.2, 0.25) is 0 Å². The number of carboxylic acids is 1. The summed E-state index contributed by atoms with van der Waals surface area (Å²) in [4.78, 5) is 23.8. The zero-order valence-corrected chi connectivity index (χ0v) is 18.9. The van der Waals surface area contributed by atoms with Gasteiger partial charge in [-0.15, -0.1) is 0 Å². The third-order valence-electron chi connectivity index (χ3n) is 7.01. The van der Waals surface area contributed by atoms with Gasteiger partial charge in [0.05, 0.1) is 5.56 Å². The predicted molar refractivity (Wildman–Crippen MR) is 116 cm³/mol. The number of aliphatic carboxylic acids is 1. The molecule has 2 saturated carbocycles. The topological polar surface area (TPSA) is 72.8 Å². The Labute approximate surface area is 188 Å². The zero-order chi connectivity index (χ0) is 23.4. The Balaban J connectivity index is 1.68. The van der Waals surface area contributed by atoms with Gasteiger partial charge in [-0.25, -0.2) is 9.59 Å². The number of hydrogen-bond acceptors (Lipinski definition) is 4. The van der Waals surface area contributed by atoms with Crippen LogP contribution in [0.1, 0.15) is 88.4 Å². The predicted octanol–water partition coefficient (Wildman–Crippen LogP) is 6.25. The lowest BCUT2D eigenvalue weighted by Crippen LogP contribution is -2.48. The molecule has 1 aromatic carbocycles. The number of alkyl halides is 2. The smallest absolute Gasteiger partial charge is 0.378 e. The number of rotatable bonds is 8. The molecule has 0 aliphatic heterocycles. The minimum atomic E-state index is -4.13. The summed E-state index contributed by atoms with van der Waals surface area (Å²) in [6.07, 6.45) is 7.11. The van der Waals surface area contributed by atoms with Gasteiger partial charge in [-0.2, -0.15) is 8.78 Å². The van der Waals surface area contributed by atoms with Crippen LogP contribution < -0.4 is 4.74 Å². The van der Waals surface area contributed by atoms with E-state index < -0.39 is 29.9 Å². The highest BCUT2D eigenvalue weighted by Gasteiger charge is 2.53. The molecule has 0 aromatic heterocycles. The van der Waals surface area contributed by atoms with Crippen molar-refractivity contribution in [2.75, 3.05) is 0 Å². The SMILES string of the molecule is CC(C)(Oc1ccc(C(=O)OC(C2CCCCC2)C(F)(F)C(=O)O)cc1)C1CCCCC1. The van der Waals surface area contributed by atoms with E-state index in [-0.39, 0.29) is 11.2 Å². The lowest BCUT2D eigenvalue weighted by atomic mass is 9.79. The molecule has 7 heteroatoms. The highest BCUT2D eigenvalue weighted by molar-refractivity contribution is 5.90. The number of esters is 1. The van der Waals surface area contributed by atoms with Gasteiger partial charge in [0.1, 0.15) is 11.4 Å². The maximum Gasteiger partial charge on any atom is 0.378 e. The minimum Gasteiger partial charge on any atom is -0.488 e. The number of carboxylic acid groups (broad SMARTS) is 1. The van der Waals surface area contributed by atoms with Gasteiger partial charge in [-0.1, -0.05) is 38.5 Å². The standard InChI is InChI=1S/C25H34F2O5/c1-24(2,19-11-7-4-8-12-19)32-20-15-13-18(14-16-20)22(28)31-21(25(26,27)23(29)30)17-9-5-3-6-10-17/h13-17,19,21H,3-12H2,1-2H3,(H,29,30). The van der Waals surface area contributed by atoms with Crippen LogP contribution in [0.4, 0.5) is 8.78 Å². The molecule has 2 fully saturated rings. The minimum absolute atomic E-state index is 0.0924. The molecular weight excluding hydrogens is 418 g/mol. The number of ether oxygens (including phenoxy) is 2. The maximum absolute atomic E-state index is 14.4. The molecule has 0 spiro atoms. The molecule has 1 aromatic rings. The number of halogens is 2. The molecule has 1 unspecified atom stereocenters. The van der Waals surface area contributed by atoms with Gasteiger partial charge in [0, 0.05) is 5.92 Å². The maximum atomic E-state index is 14.4. The van der Waals surface area contributed by atoms with Crippen molar-refractivity contribution in [2.24, 2.45) is 11.8 Å². The van der Waals surface area contributed by atoms with E-state index in [0.717, 1.165) is 32.1 Å². The van der Waals surface area contributed by atoms with Crippen LogP contribution in [-0.2, 0) is 9.53 Å². The van der Waals surface area contributed by atoms with E-state index in [0.29, 0.717) is 24.5 Å². The van der Waals surface area contributed by atoms with Crippen LogP contribution in [0.5, 0.6) is 5.75 Å². The molecule has 2 aliphatic rings. The molecule has 178 valence electrons. The van der Waals surface area contributed by atoms with Gasteiger partial charge >= 0.3 is 17.9 Å². The van der Waals surface area contributed by atoms with Crippen molar-refractivity contribution in [1.82, 2.24) is 0 Å². The summed E-state index contributed by atoms with van der Waals surface area (Å²) in [5.74, 6) is -6.97. The lowest BCUT2D eigenvalue weighted by Gasteiger charge is -2.37. The molecule has 1 N–H and O–H groups in total. The third-order valence-corrected chi connectivity index (χ3v) is 7.01. The molecule has 1 atom stereocenters. The Morgan fingerprint density at radius 3 is 2.00 bits per heavy atom. The normalized spacial score (nSPS) is 19.9. The average Bonchev–Trinajstić information content (AvgIpc) is 2.78. The van der Waals surface area contributed by atoms with E-state index >= 15 is 0 Å². The van der Waals surface area contributed by atoms with Crippen molar-refractivity contribution in [2.45, 2.75) is 95.7 Å². The third kappa shape index (κ3) is 5.78. The second kappa shape index (κ2) is 10.2. The Hall–Kier alpha value is -2.18. The lowest BCUT2D eigenvalue weighted by molar-refractivity contribution is -0.189. The van der Waals surface area contributed by atoms with E-state index in [2.05, 4.69) is 13.8 Å². The van der Waals surface area contributed by atoms with Crippen molar-refractivity contribution >= 4 is 11.9 Å². The zero-order valence-electron chi connectivity index (χ0n) is 18.9. The Morgan fingerprint density at radius 1 is 0.938 bits per heavy atom. The van der Waals surface area contributed by atoms with Crippen LogP contribution in [0.15, 0.2) is 24.3 Å². The molecule has 0 bridgehead atoms. The van der Waals surface area contributed by atoms with Crippen molar-refractivity contribution < 1.29 is 33.0 Å². The molecule has 2 aliphatic carbocycles. The van der Waals surface area contributed by atoms with E-state index in [1.807, 2.05) is 0 Å². The molecule has 0 amide bonds. The van der Waals surface area contributed by atoms with Gasteiger partial charge in [0.15, 0.2) is 6.10 Å². The van der Waals surface area contributed by atoms with Crippen LogP contribution >= 0.6 is 0 Å². The molecule has 5 nitrogen and oxygen atoms in total. The first-order chi connectivity index (χ1) is 15.1. The first-order valence-electron chi connectivity index (χ1n) is 11.7. The first kappa shape index (κ1) is 24.5. The number of benzene rings is 1. The van der Waals surface area contributed by atoms with Crippen molar-refractivity contribution in [3.63, 3.8) is 0 Å².